The van der Waals surface area contributed by atoms with E-state index in [0.717, 1.165) is 24.3 Å². The third-order valence-corrected chi connectivity index (χ3v) is 3.28. The molecular weight excluding hydrogens is 281 g/mol. The van der Waals surface area contributed by atoms with Gasteiger partial charge in [-0.15, -0.1) is 24.8 Å². The number of hydrogen-bond acceptors (Lipinski definition) is 3. The Kier molecular flexibility index (Phi) is 7.17. The smallest absolute Gasteiger partial charge is 0.132 e. The SMILES string of the molecule is Cc1cc(N(C)N2CCCC2)cnc1Cl.Cl.Cl. The summed E-state index contributed by atoms with van der Waals surface area (Å²) in [5, 5.41) is 5.10. The van der Waals surface area contributed by atoms with Crippen molar-refractivity contribution in [3.63, 3.8) is 0 Å². The van der Waals surface area contributed by atoms with E-state index in [0.29, 0.717) is 5.15 Å². The van der Waals surface area contributed by atoms with Gasteiger partial charge in [0.2, 0.25) is 0 Å². The van der Waals surface area contributed by atoms with Crippen LogP contribution in [0.4, 0.5) is 5.69 Å². The summed E-state index contributed by atoms with van der Waals surface area (Å²) in [7, 11) is 2.08. The predicted octanol–water partition coefficient (Wildman–Crippen LogP) is 3.33. The number of aryl methyl sites for hydroxylation is 1. The van der Waals surface area contributed by atoms with Crippen molar-refractivity contribution < 1.29 is 0 Å². The van der Waals surface area contributed by atoms with Crippen LogP contribution < -0.4 is 5.01 Å². The highest BCUT2D eigenvalue weighted by atomic mass is 35.5. The Morgan fingerprint density at radius 1 is 1.29 bits per heavy atom. The monoisotopic (exact) mass is 297 g/mol. The second-order valence-corrected chi connectivity index (χ2v) is 4.34. The molecule has 1 saturated heterocycles. The molecule has 0 aliphatic carbocycles. The van der Waals surface area contributed by atoms with Crippen molar-refractivity contribution in [1.29, 1.82) is 0 Å². The Hall–Kier alpha value is -0.220. The summed E-state index contributed by atoms with van der Waals surface area (Å²) in [5.74, 6) is 0. The number of pyridine rings is 1. The first-order chi connectivity index (χ1) is 7.18. The molecule has 0 unspecified atom stereocenters. The first-order valence-electron chi connectivity index (χ1n) is 5.29. The molecule has 0 radical (unpaired) electrons. The maximum Gasteiger partial charge on any atom is 0.132 e. The van der Waals surface area contributed by atoms with Gasteiger partial charge in [-0.3, -0.25) is 0 Å². The molecule has 0 saturated carbocycles. The molecule has 0 aromatic carbocycles. The lowest BCUT2D eigenvalue weighted by atomic mass is 10.3. The van der Waals surface area contributed by atoms with Crippen molar-refractivity contribution in [2.45, 2.75) is 19.8 Å². The number of hydrogen-bond donors (Lipinski definition) is 0. The Morgan fingerprint density at radius 3 is 2.41 bits per heavy atom. The molecule has 98 valence electrons. The minimum Gasteiger partial charge on any atom is -0.307 e. The van der Waals surface area contributed by atoms with Crippen molar-refractivity contribution in [1.82, 2.24) is 9.99 Å². The van der Waals surface area contributed by atoms with Gasteiger partial charge in [0, 0.05) is 20.1 Å². The molecule has 2 heterocycles. The molecule has 17 heavy (non-hydrogen) atoms. The number of anilines is 1. The van der Waals surface area contributed by atoms with Crippen LogP contribution >= 0.6 is 36.4 Å². The van der Waals surface area contributed by atoms with Gasteiger partial charge in [0.15, 0.2) is 0 Å². The predicted molar refractivity (Wildman–Crippen MR) is 77.7 cm³/mol. The number of halogens is 3. The zero-order valence-corrected chi connectivity index (χ0v) is 12.4. The Labute approximate surface area is 120 Å². The third kappa shape index (κ3) is 3.88. The van der Waals surface area contributed by atoms with Crippen LogP contribution in [0.25, 0.3) is 0 Å². The second-order valence-electron chi connectivity index (χ2n) is 3.99. The molecule has 0 N–H and O–H groups in total. The minimum absolute atomic E-state index is 0. The second kappa shape index (κ2) is 7.27. The van der Waals surface area contributed by atoms with Crippen molar-refractivity contribution in [2.75, 3.05) is 25.1 Å². The van der Waals surface area contributed by atoms with Gasteiger partial charge in [-0.25, -0.2) is 9.99 Å². The van der Waals surface area contributed by atoms with Crippen molar-refractivity contribution in [3.05, 3.63) is 23.0 Å². The normalized spacial score (nSPS) is 15.0. The molecule has 1 aromatic rings. The van der Waals surface area contributed by atoms with Crippen molar-refractivity contribution >= 4 is 42.1 Å². The fraction of sp³-hybridized carbons (Fsp3) is 0.545. The highest BCUT2D eigenvalue weighted by molar-refractivity contribution is 6.30. The van der Waals surface area contributed by atoms with E-state index in [-0.39, 0.29) is 24.8 Å². The van der Waals surface area contributed by atoms with Crippen LogP contribution in [0.3, 0.4) is 0 Å². The van der Waals surface area contributed by atoms with E-state index < -0.39 is 0 Å². The van der Waals surface area contributed by atoms with E-state index in [1.807, 2.05) is 13.1 Å². The first kappa shape index (κ1) is 16.8. The van der Waals surface area contributed by atoms with Crippen LogP contribution in [0, 0.1) is 6.92 Å². The van der Waals surface area contributed by atoms with Gasteiger partial charge in [0.25, 0.3) is 0 Å². The van der Waals surface area contributed by atoms with Gasteiger partial charge in [0.1, 0.15) is 5.15 Å². The lowest BCUT2D eigenvalue weighted by Gasteiger charge is -2.29. The van der Waals surface area contributed by atoms with Crippen LogP contribution in [0.1, 0.15) is 18.4 Å². The van der Waals surface area contributed by atoms with Gasteiger partial charge in [-0.05, 0) is 31.4 Å². The van der Waals surface area contributed by atoms with Crippen LogP contribution in [-0.2, 0) is 0 Å². The maximum atomic E-state index is 5.90. The molecule has 0 amide bonds. The molecule has 0 spiro atoms. The van der Waals surface area contributed by atoms with E-state index in [9.17, 15) is 0 Å². The van der Waals surface area contributed by atoms with Gasteiger partial charge in [0.05, 0.1) is 11.9 Å². The summed E-state index contributed by atoms with van der Waals surface area (Å²) in [6.45, 7) is 4.26. The third-order valence-electron chi connectivity index (χ3n) is 2.88. The van der Waals surface area contributed by atoms with Crippen LogP contribution in [0.2, 0.25) is 5.15 Å². The molecular formula is C11H18Cl3N3. The summed E-state index contributed by atoms with van der Waals surface area (Å²) in [6.07, 6.45) is 4.39. The number of rotatable bonds is 2. The Morgan fingerprint density at radius 2 is 1.88 bits per heavy atom. The fourth-order valence-electron chi connectivity index (χ4n) is 1.88. The average molecular weight is 299 g/mol. The molecule has 3 nitrogen and oxygen atoms in total. The quantitative estimate of drug-likeness (QED) is 0.781. The number of hydrazine groups is 1. The van der Waals surface area contributed by atoms with E-state index in [2.05, 4.69) is 28.1 Å². The molecule has 1 fully saturated rings. The molecule has 1 aliphatic heterocycles. The molecule has 2 rings (SSSR count). The highest BCUT2D eigenvalue weighted by Crippen LogP contribution is 2.21. The van der Waals surface area contributed by atoms with Crippen LogP contribution in [0.5, 0.6) is 0 Å². The molecule has 0 bridgehead atoms. The van der Waals surface area contributed by atoms with Crippen LogP contribution in [-0.4, -0.2) is 30.1 Å². The van der Waals surface area contributed by atoms with Crippen molar-refractivity contribution in [2.24, 2.45) is 0 Å². The standard InChI is InChI=1S/C11H16ClN3.2ClH/c1-9-7-10(8-13-11(9)12)14(2)15-5-3-4-6-15;;/h7-8H,3-6H2,1-2H3;2*1H. The zero-order valence-electron chi connectivity index (χ0n) is 10.0. The van der Waals surface area contributed by atoms with E-state index in [1.165, 1.54) is 12.8 Å². The van der Waals surface area contributed by atoms with E-state index in [1.54, 1.807) is 0 Å². The lowest BCUT2D eigenvalue weighted by molar-refractivity contribution is 0.328. The summed E-state index contributed by atoms with van der Waals surface area (Å²) < 4.78 is 0. The van der Waals surface area contributed by atoms with Crippen molar-refractivity contribution in [3.8, 4) is 0 Å². The fourth-order valence-corrected chi connectivity index (χ4v) is 1.99. The summed E-state index contributed by atoms with van der Waals surface area (Å²) >= 11 is 5.90. The molecule has 1 aliphatic rings. The first-order valence-corrected chi connectivity index (χ1v) is 5.67. The number of aromatic nitrogens is 1. The Bertz CT molecular complexity index is 354. The summed E-state index contributed by atoms with van der Waals surface area (Å²) in [4.78, 5) is 4.17. The minimum atomic E-state index is 0. The van der Waals surface area contributed by atoms with E-state index >= 15 is 0 Å². The zero-order chi connectivity index (χ0) is 10.8. The summed E-state index contributed by atoms with van der Waals surface area (Å²) in [6, 6.07) is 2.08. The average Bonchev–Trinajstić information content (AvgIpc) is 2.74. The summed E-state index contributed by atoms with van der Waals surface area (Å²) in [5.41, 5.74) is 2.14. The van der Waals surface area contributed by atoms with E-state index in [4.69, 9.17) is 11.6 Å². The highest BCUT2D eigenvalue weighted by Gasteiger charge is 2.17. The largest absolute Gasteiger partial charge is 0.307 e. The molecule has 6 heteroatoms. The lowest BCUT2D eigenvalue weighted by Crippen LogP contribution is -2.37. The Balaban J connectivity index is 0.00000128. The van der Waals surface area contributed by atoms with Gasteiger partial charge in [-0.1, -0.05) is 11.6 Å². The van der Waals surface area contributed by atoms with Gasteiger partial charge in [-0.2, -0.15) is 0 Å². The maximum absolute atomic E-state index is 5.90. The topological polar surface area (TPSA) is 19.4 Å². The molecule has 0 atom stereocenters. The van der Waals surface area contributed by atoms with Gasteiger partial charge < -0.3 is 5.01 Å². The van der Waals surface area contributed by atoms with Gasteiger partial charge >= 0.3 is 0 Å². The molecule has 1 aromatic heterocycles. The number of nitrogens with zero attached hydrogens (tertiary/aromatic N) is 3. The van der Waals surface area contributed by atoms with Crippen LogP contribution in [0.15, 0.2) is 12.3 Å².